The Morgan fingerprint density at radius 1 is 0.970 bits per heavy atom. The van der Waals surface area contributed by atoms with Crippen LogP contribution in [0.15, 0.2) is 66.7 Å². The van der Waals surface area contributed by atoms with Gasteiger partial charge in [-0.1, -0.05) is 35.9 Å². The van der Waals surface area contributed by atoms with Crippen molar-refractivity contribution in [2.24, 2.45) is 0 Å². The first kappa shape index (κ1) is 21.2. The van der Waals surface area contributed by atoms with Crippen molar-refractivity contribution in [3.05, 3.63) is 88.7 Å². The predicted molar refractivity (Wildman–Crippen MR) is 123 cm³/mol. The first-order valence-electron chi connectivity index (χ1n) is 10.5. The molecule has 2 aliphatic heterocycles. The molecule has 0 bridgehead atoms. The van der Waals surface area contributed by atoms with Gasteiger partial charge in [0, 0.05) is 23.7 Å². The molecule has 5 rings (SSSR count). The second-order valence-electron chi connectivity index (χ2n) is 8.03. The van der Waals surface area contributed by atoms with Crippen molar-refractivity contribution in [2.45, 2.75) is 6.04 Å². The number of rotatable bonds is 2. The highest BCUT2D eigenvalue weighted by atomic mass is 35.5. The first-order chi connectivity index (χ1) is 15.9. The van der Waals surface area contributed by atoms with Gasteiger partial charge in [-0.05, 0) is 53.6 Å². The minimum Gasteiger partial charge on any atom is -0.334 e. The molecular formula is C25H19ClFN3O3. The summed E-state index contributed by atoms with van der Waals surface area (Å²) in [5.74, 6) is -1.52. The average molecular weight is 464 g/mol. The molecular weight excluding hydrogens is 445 g/mol. The molecule has 0 spiro atoms. The lowest BCUT2D eigenvalue weighted by Gasteiger charge is -2.39. The molecule has 3 amide bonds. The van der Waals surface area contributed by atoms with E-state index in [1.54, 1.807) is 24.3 Å². The smallest absolute Gasteiger partial charge is 0.256 e. The van der Waals surface area contributed by atoms with Crippen LogP contribution in [-0.2, 0) is 4.79 Å². The van der Waals surface area contributed by atoms with Crippen LogP contribution in [0.4, 0.5) is 10.1 Å². The minimum absolute atomic E-state index is 0.0327. The molecule has 0 radical (unpaired) electrons. The van der Waals surface area contributed by atoms with Crippen LogP contribution >= 0.6 is 11.6 Å². The molecule has 0 unspecified atom stereocenters. The number of benzene rings is 3. The molecule has 2 aliphatic rings. The molecule has 0 aliphatic carbocycles. The molecule has 6 nitrogen and oxygen atoms in total. The van der Waals surface area contributed by atoms with E-state index in [1.807, 2.05) is 18.2 Å². The highest BCUT2D eigenvalue weighted by Gasteiger charge is 2.40. The van der Waals surface area contributed by atoms with Gasteiger partial charge in [0.05, 0.1) is 17.8 Å². The van der Waals surface area contributed by atoms with Crippen LogP contribution in [0, 0.1) is 5.82 Å². The molecule has 0 aromatic heterocycles. The van der Waals surface area contributed by atoms with Gasteiger partial charge in [0.15, 0.2) is 0 Å². The van der Waals surface area contributed by atoms with E-state index in [9.17, 15) is 18.8 Å². The van der Waals surface area contributed by atoms with Crippen LogP contribution in [0.3, 0.4) is 0 Å². The Hall–Kier alpha value is -3.71. The molecule has 3 aromatic rings. The van der Waals surface area contributed by atoms with E-state index in [0.29, 0.717) is 16.3 Å². The van der Waals surface area contributed by atoms with E-state index in [-0.39, 0.29) is 42.9 Å². The van der Waals surface area contributed by atoms with Crippen molar-refractivity contribution in [3.8, 4) is 11.1 Å². The lowest BCUT2D eigenvalue weighted by molar-refractivity contribution is -0.121. The van der Waals surface area contributed by atoms with Crippen LogP contribution in [0.25, 0.3) is 11.1 Å². The summed E-state index contributed by atoms with van der Waals surface area (Å²) < 4.78 is 13.6. The maximum absolute atomic E-state index is 13.6. The first-order valence-corrected chi connectivity index (χ1v) is 10.9. The summed E-state index contributed by atoms with van der Waals surface area (Å²) in [6.07, 6.45) is 0. The van der Waals surface area contributed by atoms with Gasteiger partial charge in [-0.15, -0.1) is 0 Å². The number of amides is 3. The fourth-order valence-corrected chi connectivity index (χ4v) is 4.39. The highest BCUT2D eigenvalue weighted by Crippen LogP contribution is 2.31. The van der Waals surface area contributed by atoms with Crippen molar-refractivity contribution in [1.29, 1.82) is 0 Å². The van der Waals surface area contributed by atoms with Crippen LogP contribution in [0.5, 0.6) is 0 Å². The zero-order valence-electron chi connectivity index (χ0n) is 17.4. The molecule has 33 heavy (non-hydrogen) atoms. The van der Waals surface area contributed by atoms with Crippen molar-refractivity contribution in [1.82, 2.24) is 9.80 Å². The quantitative estimate of drug-likeness (QED) is 0.623. The van der Waals surface area contributed by atoms with Gasteiger partial charge in [0.1, 0.15) is 11.9 Å². The molecule has 1 saturated heterocycles. The predicted octanol–water partition coefficient (Wildman–Crippen LogP) is 4.07. The molecule has 8 heteroatoms. The molecule has 1 fully saturated rings. The van der Waals surface area contributed by atoms with Crippen molar-refractivity contribution in [3.63, 3.8) is 0 Å². The number of halogens is 2. The number of hydrogen-bond acceptors (Lipinski definition) is 3. The summed E-state index contributed by atoms with van der Waals surface area (Å²) in [6.45, 7) is 0.477. The zero-order chi connectivity index (χ0) is 23.1. The lowest BCUT2D eigenvalue weighted by Crippen LogP contribution is -2.59. The third-order valence-electron chi connectivity index (χ3n) is 5.99. The zero-order valence-corrected chi connectivity index (χ0v) is 18.2. The Kier molecular flexibility index (Phi) is 5.34. The second-order valence-corrected chi connectivity index (χ2v) is 8.47. The summed E-state index contributed by atoms with van der Waals surface area (Å²) >= 11 is 5.98. The molecule has 1 atom stereocenters. The fraction of sp³-hybridized carbons (Fsp3) is 0.160. The Morgan fingerprint density at radius 3 is 2.48 bits per heavy atom. The van der Waals surface area contributed by atoms with Gasteiger partial charge >= 0.3 is 0 Å². The Balaban J connectivity index is 1.42. The lowest BCUT2D eigenvalue weighted by atomic mass is 10.0. The summed E-state index contributed by atoms with van der Waals surface area (Å²) in [7, 11) is 0. The maximum Gasteiger partial charge on any atom is 0.256 e. The van der Waals surface area contributed by atoms with E-state index in [2.05, 4.69) is 5.32 Å². The Labute approximate surface area is 194 Å². The number of nitrogens with one attached hydrogen (secondary N) is 1. The summed E-state index contributed by atoms with van der Waals surface area (Å²) in [5, 5.41) is 3.44. The number of fused-ring (bicyclic) bond motifs is 2. The monoisotopic (exact) mass is 463 g/mol. The minimum atomic E-state index is -0.838. The normalized spacial score (nSPS) is 17.7. The van der Waals surface area contributed by atoms with Crippen LogP contribution in [-0.4, -0.2) is 53.2 Å². The average Bonchev–Trinajstić information content (AvgIpc) is 2.93. The SMILES string of the molecule is O=C1Nc2ccc(-c3ccc(Cl)cc3)cc2C(=O)N2CCN(C(=O)c3cccc(F)c3)C[C@H]12. The van der Waals surface area contributed by atoms with Crippen molar-refractivity contribution >= 4 is 35.0 Å². The standard InChI is InChI=1S/C25H19ClFN3O3/c26-18-7-4-15(5-8-18)16-6-9-21-20(13-16)25(33)30-11-10-29(14-22(30)23(31)28-21)24(32)17-2-1-3-19(27)12-17/h1-9,12-13,22H,10-11,14H2,(H,28,31)/t22-/m1/s1. The van der Waals surface area contributed by atoms with Crippen molar-refractivity contribution < 1.29 is 18.8 Å². The van der Waals surface area contributed by atoms with Gasteiger partial charge in [0.2, 0.25) is 5.91 Å². The number of nitrogens with zero attached hydrogens (tertiary/aromatic N) is 2. The van der Waals surface area contributed by atoms with E-state index < -0.39 is 11.9 Å². The third-order valence-corrected chi connectivity index (χ3v) is 6.24. The number of piperazine rings is 1. The van der Waals surface area contributed by atoms with Crippen LogP contribution in [0.1, 0.15) is 20.7 Å². The second kappa shape index (κ2) is 8.33. The van der Waals surface area contributed by atoms with Gasteiger partial charge < -0.3 is 15.1 Å². The molecule has 2 heterocycles. The number of hydrogen-bond donors (Lipinski definition) is 1. The van der Waals surface area contributed by atoms with Gasteiger partial charge in [-0.2, -0.15) is 0 Å². The number of anilines is 1. The van der Waals surface area contributed by atoms with Gasteiger partial charge in [-0.25, -0.2) is 4.39 Å². The van der Waals surface area contributed by atoms with Crippen molar-refractivity contribution in [2.75, 3.05) is 25.0 Å². The maximum atomic E-state index is 13.6. The Bertz CT molecular complexity index is 1280. The topological polar surface area (TPSA) is 69.7 Å². The van der Waals surface area contributed by atoms with Gasteiger partial charge in [0.25, 0.3) is 11.8 Å². The summed E-state index contributed by atoms with van der Waals surface area (Å²) in [6, 6.07) is 17.2. The molecule has 3 aromatic carbocycles. The van der Waals surface area contributed by atoms with Crippen LogP contribution in [0.2, 0.25) is 5.02 Å². The molecule has 166 valence electrons. The number of carbonyl (C=O) groups excluding carboxylic acids is 3. The van der Waals surface area contributed by atoms with E-state index >= 15 is 0 Å². The van der Waals surface area contributed by atoms with E-state index in [0.717, 1.165) is 11.1 Å². The van der Waals surface area contributed by atoms with Crippen LogP contribution < -0.4 is 5.32 Å². The third kappa shape index (κ3) is 3.96. The fourth-order valence-electron chi connectivity index (χ4n) is 4.26. The van der Waals surface area contributed by atoms with Gasteiger partial charge in [-0.3, -0.25) is 14.4 Å². The number of carbonyl (C=O) groups is 3. The highest BCUT2D eigenvalue weighted by molar-refractivity contribution is 6.30. The van der Waals surface area contributed by atoms with E-state index in [1.165, 1.54) is 34.1 Å². The molecule has 1 N–H and O–H groups in total. The Morgan fingerprint density at radius 2 is 1.73 bits per heavy atom. The molecule has 0 saturated carbocycles. The summed E-state index contributed by atoms with van der Waals surface area (Å²) in [4.78, 5) is 42.2. The largest absolute Gasteiger partial charge is 0.334 e. The summed E-state index contributed by atoms with van der Waals surface area (Å²) in [5.41, 5.74) is 2.75. The van der Waals surface area contributed by atoms with E-state index in [4.69, 9.17) is 11.6 Å².